The normalized spacial score (nSPS) is 33.3. The lowest BCUT2D eigenvalue weighted by atomic mass is 9.81. The van der Waals surface area contributed by atoms with Gasteiger partial charge >= 0.3 is 0 Å². The van der Waals surface area contributed by atoms with E-state index >= 15 is 0 Å². The molecule has 8 heteroatoms. The Labute approximate surface area is 185 Å². The minimum atomic E-state index is -1.73. The first-order chi connectivity index (χ1) is 14.7. The lowest BCUT2D eigenvalue weighted by molar-refractivity contribution is -0.336. The van der Waals surface area contributed by atoms with Crippen LogP contribution in [0, 0.1) is 0 Å². The van der Waals surface area contributed by atoms with Crippen LogP contribution in [0.25, 0.3) is 0 Å². The van der Waals surface area contributed by atoms with Crippen molar-refractivity contribution in [1.82, 2.24) is 0 Å². The molecule has 2 aliphatic heterocycles. The third-order valence-corrected chi connectivity index (χ3v) is 6.54. The molecule has 4 N–H and O–H groups in total. The van der Waals surface area contributed by atoms with Crippen molar-refractivity contribution in [1.29, 1.82) is 0 Å². The number of fused-ring (bicyclic) bond motifs is 2. The van der Waals surface area contributed by atoms with Gasteiger partial charge in [-0.1, -0.05) is 29.8 Å². The first-order valence-corrected chi connectivity index (χ1v) is 10.7. The molecule has 2 aromatic carbocycles. The average molecular weight is 451 g/mol. The van der Waals surface area contributed by atoms with Gasteiger partial charge in [-0.25, -0.2) is 0 Å². The van der Waals surface area contributed by atoms with Gasteiger partial charge in [0, 0.05) is 10.6 Å². The number of halogens is 1. The molecule has 168 valence electrons. The summed E-state index contributed by atoms with van der Waals surface area (Å²) in [5.74, 6) is -0.946. The number of aliphatic hydroxyl groups is 4. The van der Waals surface area contributed by atoms with E-state index < -0.39 is 35.8 Å². The molecule has 2 heterocycles. The number of benzene rings is 2. The Morgan fingerprint density at radius 3 is 2.48 bits per heavy atom. The number of rotatable bonds is 6. The molecular weight excluding hydrogens is 424 g/mol. The van der Waals surface area contributed by atoms with Crippen molar-refractivity contribution in [3.05, 3.63) is 64.2 Å². The first-order valence-electron chi connectivity index (χ1n) is 10.3. The van der Waals surface area contributed by atoms with Crippen LogP contribution in [0.3, 0.4) is 0 Å². The van der Waals surface area contributed by atoms with Gasteiger partial charge in [-0.05, 0) is 55.7 Å². The molecule has 7 nitrogen and oxygen atoms in total. The van der Waals surface area contributed by atoms with E-state index in [0.717, 1.165) is 16.9 Å². The maximum Gasteiger partial charge on any atom is 0.225 e. The summed E-state index contributed by atoms with van der Waals surface area (Å²) >= 11 is 6.43. The third kappa shape index (κ3) is 3.64. The highest BCUT2D eigenvalue weighted by molar-refractivity contribution is 6.31. The van der Waals surface area contributed by atoms with E-state index in [1.165, 1.54) is 6.92 Å². The van der Waals surface area contributed by atoms with Crippen LogP contribution in [0.2, 0.25) is 5.02 Å². The molecule has 2 aliphatic rings. The highest BCUT2D eigenvalue weighted by atomic mass is 35.5. The summed E-state index contributed by atoms with van der Waals surface area (Å²) in [5, 5.41) is 42.5. The second-order valence-electron chi connectivity index (χ2n) is 8.13. The van der Waals surface area contributed by atoms with Crippen LogP contribution in [0.15, 0.2) is 42.5 Å². The van der Waals surface area contributed by atoms with Crippen molar-refractivity contribution < 1.29 is 34.6 Å². The van der Waals surface area contributed by atoms with E-state index in [9.17, 15) is 20.4 Å². The van der Waals surface area contributed by atoms with Gasteiger partial charge in [0.25, 0.3) is 0 Å². The van der Waals surface area contributed by atoms with E-state index in [1.807, 2.05) is 31.2 Å². The third-order valence-electron chi connectivity index (χ3n) is 6.18. The first kappa shape index (κ1) is 22.5. The highest BCUT2D eigenvalue weighted by Crippen LogP contribution is 2.51. The zero-order valence-corrected chi connectivity index (χ0v) is 18.1. The molecule has 2 bridgehead atoms. The van der Waals surface area contributed by atoms with Gasteiger partial charge < -0.3 is 34.6 Å². The summed E-state index contributed by atoms with van der Waals surface area (Å²) in [7, 11) is 0. The van der Waals surface area contributed by atoms with Crippen molar-refractivity contribution in [2.24, 2.45) is 0 Å². The molecule has 2 fully saturated rings. The van der Waals surface area contributed by atoms with E-state index in [1.54, 1.807) is 18.2 Å². The summed E-state index contributed by atoms with van der Waals surface area (Å²) in [6.07, 6.45) is -5.25. The van der Waals surface area contributed by atoms with Crippen LogP contribution >= 0.6 is 11.6 Å². The van der Waals surface area contributed by atoms with Gasteiger partial charge in [0.2, 0.25) is 5.79 Å². The van der Waals surface area contributed by atoms with E-state index in [2.05, 4.69) is 0 Å². The fourth-order valence-electron chi connectivity index (χ4n) is 4.32. The summed E-state index contributed by atoms with van der Waals surface area (Å²) in [6.45, 7) is 3.78. The molecule has 0 aliphatic carbocycles. The fourth-order valence-corrected chi connectivity index (χ4v) is 4.51. The molecule has 4 rings (SSSR count). The standard InChI is InChI=1S/C23H27ClO7/c1-3-29-17-7-4-14(5-8-17)10-15-11-16(6-9-18(15)24)23-21(28)19(26)20(27)22(31-23,12-30-23)13(2)25/h4-9,11,13,19-21,25-28H,3,10,12H2,1-2H3/t13?,19-,20-,21?,22+,23-/m0/s1. The number of aliphatic hydroxyl groups excluding tert-OH is 4. The molecule has 2 aromatic rings. The zero-order valence-electron chi connectivity index (χ0n) is 17.4. The van der Waals surface area contributed by atoms with Crippen molar-refractivity contribution >= 4 is 11.6 Å². The lowest BCUT2D eigenvalue weighted by Gasteiger charge is -2.47. The van der Waals surface area contributed by atoms with Crippen molar-refractivity contribution in [3.8, 4) is 5.75 Å². The summed E-state index contributed by atoms with van der Waals surface area (Å²) in [5.41, 5.74) is 0.672. The van der Waals surface area contributed by atoms with Crippen molar-refractivity contribution in [2.45, 2.75) is 56.1 Å². The molecule has 2 unspecified atom stereocenters. The van der Waals surface area contributed by atoms with Crippen LogP contribution in [-0.2, 0) is 21.7 Å². The second-order valence-corrected chi connectivity index (χ2v) is 8.54. The Hall–Kier alpha value is -1.71. The molecule has 2 saturated heterocycles. The predicted molar refractivity (Wildman–Crippen MR) is 113 cm³/mol. The smallest absolute Gasteiger partial charge is 0.225 e. The Morgan fingerprint density at radius 2 is 1.84 bits per heavy atom. The fraction of sp³-hybridized carbons (Fsp3) is 0.478. The topological polar surface area (TPSA) is 109 Å². The van der Waals surface area contributed by atoms with Crippen LogP contribution < -0.4 is 4.74 Å². The van der Waals surface area contributed by atoms with E-state index in [-0.39, 0.29) is 6.61 Å². The summed E-state index contributed by atoms with van der Waals surface area (Å²) in [6, 6.07) is 12.7. The number of hydrogen-bond donors (Lipinski definition) is 4. The molecule has 0 spiro atoms. The molecule has 0 amide bonds. The zero-order chi connectivity index (χ0) is 22.4. The van der Waals surface area contributed by atoms with Crippen molar-refractivity contribution in [3.63, 3.8) is 0 Å². The monoisotopic (exact) mass is 450 g/mol. The largest absolute Gasteiger partial charge is 0.494 e. The maximum atomic E-state index is 10.8. The molecular formula is C23H27ClO7. The SMILES string of the molecule is CCOc1ccc(Cc2cc([C@]34OC[C@](C(C)O)(O3)[C@@H](O)[C@H](O)C4O)ccc2Cl)cc1. The highest BCUT2D eigenvalue weighted by Gasteiger charge is 2.68. The van der Waals surface area contributed by atoms with Gasteiger partial charge in [-0.2, -0.15) is 0 Å². The maximum absolute atomic E-state index is 10.8. The van der Waals surface area contributed by atoms with Crippen LogP contribution in [0.5, 0.6) is 5.75 Å². The second kappa shape index (κ2) is 8.33. The van der Waals surface area contributed by atoms with Gasteiger partial charge in [0.1, 0.15) is 29.7 Å². The molecule has 31 heavy (non-hydrogen) atoms. The molecule has 0 saturated carbocycles. The summed E-state index contributed by atoms with van der Waals surface area (Å²) in [4.78, 5) is 0. The Morgan fingerprint density at radius 1 is 1.13 bits per heavy atom. The molecule has 0 radical (unpaired) electrons. The Balaban J connectivity index is 1.67. The average Bonchev–Trinajstić information content (AvgIpc) is 3.15. The minimum Gasteiger partial charge on any atom is -0.494 e. The van der Waals surface area contributed by atoms with E-state index in [0.29, 0.717) is 23.6 Å². The van der Waals surface area contributed by atoms with Crippen LogP contribution in [0.1, 0.15) is 30.5 Å². The number of hydrogen-bond acceptors (Lipinski definition) is 7. The summed E-state index contributed by atoms with van der Waals surface area (Å²) < 4.78 is 17.3. The number of ether oxygens (including phenoxy) is 3. The predicted octanol–water partition coefficient (Wildman–Crippen LogP) is 1.74. The Kier molecular flexibility index (Phi) is 6.04. The van der Waals surface area contributed by atoms with Crippen LogP contribution in [0.4, 0.5) is 0 Å². The van der Waals surface area contributed by atoms with Gasteiger partial charge in [0.05, 0.1) is 19.3 Å². The van der Waals surface area contributed by atoms with Gasteiger partial charge in [-0.3, -0.25) is 0 Å². The lowest BCUT2D eigenvalue weighted by Crippen LogP contribution is -2.67. The van der Waals surface area contributed by atoms with Gasteiger partial charge in [-0.15, -0.1) is 0 Å². The quantitative estimate of drug-likeness (QED) is 0.531. The molecule has 0 aromatic heterocycles. The van der Waals surface area contributed by atoms with Crippen LogP contribution in [-0.4, -0.2) is 63.7 Å². The molecule has 6 atom stereocenters. The Bertz CT molecular complexity index is 934. The minimum absolute atomic E-state index is 0.184. The van der Waals surface area contributed by atoms with Crippen molar-refractivity contribution in [2.75, 3.05) is 13.2 Å². The van der Waals surface area contributed by atoms with Gasteiger partial charge in [0.15, 0.2) is 0 Å². The van der Waals surface area contributed by atoms with E-state index in [4.69, 9.17) is 25.8 Å².